The van der Waals surface area contributed by atoms with Gasteiger partial charge in [-0.3, -0.25) is 9.13 Å². The summed E-state index contributed by atoms with van der Waals surface area (Å²) in [6.07, 6.45) is 4.74. The van der Waals surface area contributed by atoms with E-state index in [-0.39, 0.29) is 22.4 Å². The van der Waals surface area contributed by atoms with E-state index < -0.39 is 0 Å². The molecule has 0 N–H and O–H groups in total. The van der Waals surface area contributed by atoms with Crippen molar-refractivity contribution in [1.82, 2.24) is 19.1 Å². The van der Waals surface area contributed by atoms with Gasteiger partial charge in [0, 0.05) is 13.1 Å². The van der Waals surface area contributed by atoms with Crippen LogP contribution in [0, 0.1) is 16.7 Å². The number of hydrogen-bond donors (Lipinski definition) is 0. The van der Waals surface area contributed by atoms with Crippen LogP contribution in [-0.2, 0) is 7.05 Å². The second kappa shape index (κ2) is 4.85. The molecule has 0 saturated heterocycles. The lowest BCUT2D eigenvalue weighted by atomic mass is 9.75. The third-order valence-electron chi connectivity index (χ3n) is 4.50. The number of imidazole rings is 1. The number of fused-ring (bicyclic) bond motifs is 1. The number of aryl methyl sites for hydroxylation is 1. The Morgan fingerprint density at radius 3 is 2.76 bits per heavy atom. The van der Waals surface area contributed by atoms with Crippen molar-refractivity contribution < 1.29 is 0 Å². The molecule has 0 aromatic carbocycles. The quantitative estimate of drug-likeness (QED) is 0.758. The lowest BCUT2D eigenvalue weighted by Crippen LogP contribution is -2.31. The Bertz CT molecular complexity index is 792. The van der Waals surface area contributed by atoms with Crippen molar-refractivity contribution in [2.24, 2.45) is 12.5 Å². The van der Waals surface area contributed by atoms with E-state index in [4.69, 9.17) is 11.6 Å². The van der Waals surface area contributed by atoms with Crippen LogP contribution in [0.5, 0.6) is 0 Å². The summed E-state index contributed by atoms with van der Waals surface area (Å²) in [7, 11) is 1.71. The zero-order valence-electron chi connectivity index (χ0n) is 12.0. The summed E-state index contributed by atoms with van der Waals surface area (Å²) in [5, 5.41) is 9.35. The number of hydrogen-bond acceptors (Lipinski definition) is 4. The summed E-state index contributed by atoms with van der Waals surface area (Å²) in [5.41, 5.74) is 0.871. The topological polar surface area (TPSA) is 76.5 Å². The van der Waals surface area contributed by atoms with Gasteiger partial charge in [0.05, 0.1) is 17.7 Å². The van der Waals surface area contributed by atoms with Gasteiger partial charge in [-0.05, 0) is 44.2 Å². The van der Waals surface area contributed by atoms with E-state index in [1.54, 1.807) is 22.4 Å². The molecule has 0 unspecified atom stereocenters. The molecule has 1 aliphatic carbocycles. The highest BCUT2D eigenvalue weighted by atomic mass is 35.5. The standard InChI is InChI=1S/C14H16ClN5O/c1-14(8-16)5-3-9(4-6-14)20-11-10(19(2)13(20)21)7-17-12(15)18-11/h7,9H,3-6H2,1-2H3. The van der Waals surface area contributed by atoms with Gasteiger partial charge in [-0.25, -0.2) is 9.78 Å². The molecule has 2 aromatic rings. The SMILES string of the molecule is Cn1c(=O)n(C2CCC(C)(C#N)CC2)c2nc(Cl)ncc21. The van der Waals surface area contributed by atoms with E-state index in [1.807, 2.05) is 6.92 Å². The van der Waals surface area contributed by atoms with E-state index in [2.05, 4.69) is 16.0 Å². The van der Waals surface area contributed by atoms with Crippen molar-refractivity contribution in [3.8, 4) is 6.07 Å². The van der Waals surface area contributed by atoms with Gasteiger partial charge in [0.1, 0.15) is 5.52 Å². The van der Waals surface area contributed by atoms with Crippen LogP contribution in [-0.4, -0.2) is 19.1 Å². The highest BCUT2D eigenvalue weighted by Gasteiger charge is 2.33. The molecular formula is C14H16ClN5O. The monoisotopic (exact) mass is 305 g/mol. The Balaban J connectivity index is 2.06. The van der Waals surface area contributed by atoms with Crippen LogP contribution in [0.25, 0.3) is 11.2 Å². The van der Waals surface area contributed by atoms with Gasteiger partial charge in [0.25, 0.3) is 0 Å². The largest absolute Gasteiger partial charge is 0.330 e. The zero-order valence-corrected chi connectivity index (χ0v) is 12.8. The van der Waals surface area contributed by atoms with Crippen molar-refractivity contribution in [2.45, 2.75) is 38.6 Å². The molecule has 0 bridgehead atoms. The second-order valence-electron chi connectivity index (χ2n) is 5.96. The summed E-state index contributed by atoms with van der Waals surface area (Å²) in [4.78, 5) is 20.6. The molecule has 1 fully saturated rings. The number of halogens is 1. The highest BCUT2D eigenvalue weighted by molar-refractivity contribution is 6.28. The van der Waals surface area contributed by atoms with Gasteiger partial charge < -0.3 is 0 Å². The minimum absolute atomic E-state index is 0.0635. The van der Waals surface area contributed by atoms with Crippen molar-refractivity contribution >= 4 is 22.8 Å². The first kappa shape index (κ1) is 14.1. The number of aromatic nitrogens is 4. The summed E-state index contributed by atoms with van der Waals surface area (Å²) >= 11 is 5.87. The number of nitriles is 1. The fraction of sp³-hybridized carbons (Fsp3) is 0.571. The maximum absolute atomic E-state index is 12.5. The summed E-state index contributed by atoms with van der Waals surface area (Å²) < 4.78 is 3.25. The van der Waals surface area contributed by atoms with E-state index in [0.717, 1.165) is 25.7 Å². The first-order valence-electron chi connectivity index (χ1n) is 6.96. The first-order chi connectivity index (χ1) is 9.95. The van der Waals surface area contributed by atoms with Crippen LogP contribution < -0.4 is 5.69 Å². The number of rotatable bonds is 1. The predicted molar refractivity (Wildman–Crippen MR) is 79.0 cm³/mol. The highest BCUT2D eigenvalue weighted by Crippen LogP contribution is 2.40. The molecule has 0 atom stereocenters. The van der Waals surface area contributed by atoms with E-state index in [1.165, 1.54) is 0 Å². The molecule has 3 rings (SSSR count). The fourth-order valence-corrected chi connectivity index (χ4v) is 3.18. The van der Waals surface area contributed by atoms with Gasteiger partial charge in [-0.2, -0.15) is 10.2 Å². The molecule has 0 radical (unpaired) electrons. The first-order valence-corrected chi connectivity index (χ1v) is 7.34. The molecule has 2 heterocycles. The molecule has 7 heteroatoms. The zero-order chi connectivity index (χ0) is 15.2. The van der Waals surface area contributed by atoms with Crippen molar-refractivity contribution in [3.63, 3.8) is 0 Å². The molecule has 0 amide bonds. The molecule has 0 spiro atoms. The third kappa shape index (κ3) is 2.22. The van der Waals surface area contributed by atoms with Crippen molar-refractivity contribution in [1.29, 1.82) is 5.26 Å². The van der Waals surface area contributed by atoms with Crippen LogP contribution in [0.2, 0.25) is 5.28 Å². The van der Waals surface area contributed by atoms with E-state index in [9.17, 15) is 10.1 Å². The predicted octanol–water partition coefficient (Wildman–Crippen LogP) is 2.43. The van der Waals surface area contributed by atoms with Gasteiger partial charge >= 0.3 is 5.69 Å². The average Bonchev–Trinajstić information content (AvgIpc) is 2.72. The molecule has 2 aromatic heterocycles. The van der Waals surface area contributed by atoms with Crippen molar-refractivity contribution in [3.05, 3.63) is 22.0 Å². The van der Waals surface area contributed by atoms with Gasteiger partial charge in [-0.15, -0.1) is 0 Å². The second-order valence-corrected chi connectivity index (χ2v) is 6.30. The summed E-state index contributed by atoms with van der Waals surface area (Å²) in [6.45, 7) is 1.98. The molecule has 1 aliphatic rings. The Kier molecular flexibility index (Phi) is 3.25. The van der Waals surface area contributed by atoms with Crippen molar-refractivity contribution in [2.75, 3.05) is 0 Å². The summed E-state index contributed by atoms with van der Waals surface area (Å²) in [5.74, 6) is 0. The lowest BCUT2D eigenvalue weighted by Gasteiger charge is -2.32. The van der Waals surface area contributed by atoms with Crippen LogP contribution >= 0.6 is 11.6 Å². The summed E-state index contributed by atoms with van der Waals surface area (Å²) in [6, 6.07) is 2.44. The van der Waals surface area contributed by atoms with Crippen LogP contribution in [0.15, 0.2) is 11.0 Å². The smallest absolute Gasteiger partial charge is 0.292 e. The Morgan fingerprint density at radius 1 is 1.48 bits per heavy atom. The Hall–Kier alpha value is -1.87. The van der Waals surface area contributed by atoms with Gasteiger partial charge in [0.2, 0.25) is 5.28 Å². The fourth-order valence-electron chi connectivity index (χ4n) is 3.05. The Morgan fingerprint density at radius 2 is 2.14 bits per heavy atom. The van der Waals surface area contributed by atoms with Crippen LogP contribution in [0.1, 0.15) is 38.6 Å². The average molecular weight is 306 g/mol. The van der Waals surface area contributed by atoms with Gasteiger partial charge in [0.15, 0.2) is 5.65 Å². The van der Waals surface area contributed by atoms with Gasteiger partial charge in [-0.1, -0.05) is 0 Å². The lowest BCUT2D eigenvalue weighted by molar-refractivity contribution is 0.230. The van der Waals surface area contributed by atoms with E-state index >= 15 is 0 Å². The van der Waals surface area contributed by atoms with Crippen LogP contribution in [0.3, 0.4) is 0 Å². The molecule has 1 saturated carbocycles. The maximum Gasteiger partial charge on any atom is 0.330 e. The molecular weight excluding hydrogens is 290 g/mol. The molecule has 6 nitrogen and oxygen atoms in total. The minimum atomic E-state index is -0.280. The number of nitrogens with zero attached hydrogens (tertiary/aromatic N) is 5. The normalized spacial score (nSPS) is 25.9. The minimum Gasteiger partial charge on any atom is -0.292 e. The molecule has 0 aliphatic heterocycles. The molecule has 21 heavy (non-hydrogen) atoms. The Labute approximate surface area is 127 Å². The van der Waals surface area contributed by atoms with Crippen LogP contribution in [0.4, 0.5) is 0 Å². The van der Waals surface area contributed by atoms with E-state index in [0.29, 0.717) is 11.2 Å². The maximum atomic E-state index is 12.5. The molecule has 110 valence electrons. The third-order valence-corrected chi connectivity index (χ3v) is 4.68.